The van der Waals surface area contributed by atoms with Crippen LogP contribution in [-0.2, 0) is 27.4 Å². The zero-order chi connectivity index (χ0) is 19.7. The number of ether oxygens (including phenoxy) is 2. The van der Waals surface area contributed by atoms with E-state index in [0.29, 0.717) is 43.1 Å². The molecule has 0 atom stereocenters. The highest BCUT2D eigenvalue weighted by Crippen LogP contribution is 2.26. The van der Waals surface area contributed by atoms with Gasteiger partial charge < -0.3 is 14.4 Å². The van der Waals surface area contributed by atoms with Crippen molar-refractivity contribution in [1.29, 1.82) is 0 Å². The molecule has 150 valence electrons. The minimum atomic E-state index is -0.442. The molecule has 0 saturated carbocycles. The minimum Gasteiger partial charge on any atom is -0.350 e. The number of para-hydroxylation sites is 1. The fraction of sp³-hybridized carbons (Fsp3) is 0.550. The average molecular weight is 387 g/mol. The second-order valence-electron chi connectivity index (χ2n) is 7.26. The van der Waals surface area contributed by atoms with Gasteiger partial charge in [-0.25, -0.2) is 4.79 Å². The molecule has 4 rings (SSSR count). The van der Waals surface area contributed by atoms with Gasteiger partial charge in [0.1, 0.15) is 6.54 Å². The third-order valence-corrected chi connectivity index (χ3v) is 5.67. The molecule has 8 heteroatoms. The Bertz CT molecular complexity index is 981. The van der Waals surface area contributed by atoms with Crippen LogP contribution in [-0.4, -0.2) is 52.5 Å². The van der Waals surface area contributed by atoms with E-state index < -0.39 is 5.69 Å². The van der Waals surface area contributed by atoms with Crippen molar-refractivity contribution in [2.75, 3.05) is 26.3 Å². The number of amides is 1. The van der Waals surface area contributed by atoms with Crippen molar-refractivity contribution in [3.8, 4) is 0 Å². The summed E-state index contributed by atoms with van der Waals surface area (Å²) in [7, 11) is 0. The van der Waals surface area contributed by atoms with Crippen molar-refractivity contribution < 1.29 is 14.3 Å². The lowest BCUT2D eigenvalue weighted by atomic mass is 9.96. The van der Waals surface area contributed by atoms with Crippen LogP contribution in [0.25, 0.3) is 10.9 Å². The first-order chi connectivity index (χ1) is 13.6. The normalized spacial score (nSPS) is 18.8. The smallest absolute Gasteiger partial charge is 0.331 e. The number of piperidine rings is 1. The highest BCUT2D eigenvalue weighted by molar-refractivity contribution is 5.81. The summed E-state index contributed by atoms with van der Waals surface area (Å²) in [5, 5.41) is 0.450. The standard InChI is InChI=1S/C20H25N3O5/c1-2-22-18(25)15-5-3-4-6-16(15)23(20(22)26)13-17(24)21-9-7-14(8-10-21)19-27-11-12-28-19/h3-6,14,19H,2,7-13H2,1H3. The van der Waals surface area contributed by atoms with E-state index in [1.165, 1.54) is 9.13 Å². The van der Waals surface area contributed by atoms with Crippen molar-refractivity contribution in [2.45, 2.75) is 39.1 Å². The van der Waals surface area contributed by atoms with Crippen molar-refractivity contribution in [3.63, 3.8) is 0 Å². The molecule has 2 fully saturated rings. The highest BCUT2D eigenvalue weighted by Gasteiger charge is 2.32. The first-order valence-corrected chi connectivity index (χ1v) is 9.83. The third kappa shape index (κ3) is 3.38. The monoisotopic (exact) mass is 387 g/mol. The number of nitrogens with zero attached hydrogens (tertiary/aromatic N) is 3. The molecule has 8 nitrogen and oxygen atoms in total. The van der Waals surface area contributed by atoms with Gasteiger partial charge in [0.15, 0.2) is 6.29 Å². The van der Waals surface area contributed by atoms with Crippen molar-refractivity contribution in [2.24, 2.45) is 5.92 Å². The van der Waals surface area contributed by atoms with E-state index >= 15 is 0 Å². The van der Waals surface area contributed by atoms with Crippen LogP contribution in [0.1, 0.15) is 19.8 Å². The van der Waals surface area contributed by atoms with Crippen LogP contribution in [0.2, 0.25) is 0 Å². The summed E-state index contributed by atoms with van der Waals surface area (Å²) in [6, 6.07) is 6.94. The van der Waals surface area contributed by atoms with Crippen molar-refractivity contribution >= 4 is 16.8 Å². The Kier molecular flexibility index (Phi) is 5.32. The zero-order valence-electron chi connectivity index (χ0n) is 16.0. The first-order valence-electron chi connectivity index (χ1n) is 9.83. The van der Waals surface area contributed by atoms with Crippen LogP contribution < -0.4 is 11.2 Å². The zero-order valence-corrected chi connectivity index (χ0v) is 16.0. The van der Waals surface area contributed by atoms with Crippen LogP contribution in [0.3, 0.4) is 0 Å². The van der Waals surface area contributed by atoms with Gasteiger partial charge in [0, 0.05) is 25.6 Å². The van der Waals surface area contributed by atoms with Gasteiger partial charge in [-0.1, -0.05) is 12.1 Å². The summed E-state index contributed by atoms with van der Waals surface area (Å²) in [4.78, 5) is 40.0. The van der Waals surface area contributed by atoms with E-state index in [1.807, 2.05) is 0 Å². The SMILES string of the molecule is CCn1c(=O)c2ccccc2n(CC(=O)N2CCC(C3OCCO3)CC2)c1=O. The Balaban J connectivity index is 1.54. The van der Waals surface area contributed by atoms with Gasteiger partial charge in [0.2, 0.25) is 5.91 Å². The number of aromatic nitrogens is 2. The first kappa shape index (κ1) is 18.9. The molecular formula is C20H25N3O5. The van der Waals surface area contributed by atoms with E-state index in [1.54, 1.807) is 36.1 Å². The van der Waals surface area contributed by atoms with Crippen LogP contribution in [0.15, 0.2) is 33.9 Å². The van der Waals surface area contributed by atoms with E-state index in [0.717, 1.165) is 12.8 Å². The fourth-order valence-corrected chi connectivity index (χ4v) is 4.11. The van der Waals surface area contributed by atoms with Gasteiger partial charge in [-0.15, -0.1) is 0 Å². The predicted octanol–water partition coefficient (Wildman–Crippen LogP) is 0.795. The summed E-state index contributed by atoms with van der Waals surface area (Å²) in [5.41, 5.74) is -0.260. The van der Waals surface area contributed by atoms with Crippen molar-refractivity contribution in [3.05, 3.63) is 45.1 Å². The topological polar surface area (TPSA) is 82.8 Å². The number of likely N-dealkylation sites (tertiary alicyclic amines) is 1. The molecule has 28 heavy (non-hydrogen) atoms. The Morgan fingerprint density at radius 1 is 1.07 bits per heavy atom. The Labute approximate surface area is 162 Å². The largest absolute Gasteiger partial charge is 0.350 e. The number of benzene rings is 1. The summed E-state index contributed by atoms with van der Waals surface area (Å²) < 4.78 is 13.8. The van der Waals surface area contributed by atoms with Crippen molar-refractivity contribution in [1.82, 2.24) is 14.0 Å². The van der Waals surface area contributed by atoms with Crippen LogP contribution >= 0.6 is 0 Å². The number of hydrogen-bond donors (Lipinski definition) is 0. The Hall–Kier alpha value is -2.45. The molecule has 2 aromatic rings. The molecule has 0 N–H and O–H groups in total. The Morgan fingerprint density at radius 2 is 1.75 bits per heavy atom. The maximum absolute atomic E-state index is 12.9. The summed E-state index contributed by atoms with van der Waals surface area (Å²) in [5.74, 6) is 0.192. The molecule has 2 aliphatic rings. The molecule has 0 bridgehead atoms. The lowest BCUT2D eigenvalue weighted by Gasteiger charge is -2.34. The fourth-order valence-electron chi connectivity index (χ4n) is 4.11. The highest BCUT2D eigenvalue weighted by atomic mass is 16.7. The molecule has 0 radical (unpaired) electrons. The predicted molar refractivity (Wildman–Crippen MR) is 103 cm³/mol. The average Bonchev–Trinajstić information content (AvgIpc) is 3.26. The lowest BCUT2D eigenvalue weighted by molar-refractivity contribution is -0.137. The maximum atomic E-state index is 12.9. The molecule has 1 aromatic heterocycles. The number of fused-ring (bicyclic) bond motifs is 1. The summed E-state index contributed by atoms with van der Waals surface area (Å²) in [6.07, 6.45) is 1.48. The summed E-state index contributed by atoms with van der Waals surface area (Å²) in [6.45, 7) is 4.45. The second kappa shape index (κ2) is 7.89. The summed E-state index contributed by atoms with van der Waals surface area (Å²) >= 11 is 0. The Morgan fingerprint density at radius 3 is 2.43 bits per heavy atom. The minimum absolute atomic E-state index is 0.0687. The number of rotatable bonds is 4. The van der Waals surface area contributed by atoms with Gasteiger partial charge in [-0.2, -0.15) is 0 Å². The maximum Gasteiger partial charge on any atom is 0.331 e. The van der Waals surface area contributed by atoms with E-state index in [9.17, 15) is 14.4 Å². The van der Waals surface area contributed by atoms with Crippen LogP contribution in [0.5, 0.6) is 0 Å². The second-order valence-corrected chi connectivity index (χ2v) is 7.26. The van der Waals surface area contributed by atoms with Crippen LogP contribution in [0, 0.1) is 5.92 Å². The molecule has 2 saturated heterocycles. The molecule has 2 aliphatic heterocycles. The molecule has 0 spiro atoms. The number of hydrogen-bond acceptors (Lipinski definition) is 5. The van der Waals surface area contributed by atoms with E-state index in [4.69, 9.17) is 9.47 Å². The van der Waals surface area contributed by atoms with E-state index in [-0.39, 0.29) is 30.8 Å². The number of carbonyl (C=O) groups excluding carboxylic acids is 1. The van der Waals surface area contributed by atoms with Gasteiger partial charge in [0.25, 0.3) is 5.56 Å². The van der Waals surface area contributed by atoms with Crippen LogP contribution in [0.4, 0.5) is 0 Å². The molecule has 1 amide bonds. The third-order valence-electron chi connectivity index (χ3n) is 5.67. The molecule has 0 unspecified atom stereocenters. The number of carbonyl (C=O) groups is 1. The van der Waals surface area contributed by atoms with Gasteiger partial charge in [-0.05, 0) is 31.9 Å². The van der Waals surface area contributed by atoms with Gasteiger partial charge >= 0.3 is 5.69 Å². The van der Waals surface area contributed by atoms with Gasteiger partial charge in [-0.3, -0.25) is 18.7 Å². The lowest BCUT2D eigenvalue weighted by Crippen LogP contribution is -2.46. The molecule has 0 aliphatic carbocycles. The molecule has 3 heterocycles. The van der Waals surface area contributed by atoms with E-state index in [2.05, 4.69) is 0 Å². The molecular weight excluding hydrogens is 362 g/mol. The van der Waals surface area contributed by atoms with Gasteiger partial charge in [0.05, 0.1) is 24.1 Å². The quantitative estimate of drug-likeness (QED) is 0.775. The molecule has 1 aromatic carbocycles.